The Balaban J connectivity index is 2.15. The number of rotatable bonds is 5. The van der Waals surface area contributed by atoms with Gasteiger partial charge in [0.2, 0.25) is 11.8 Å². The maximum Gasteiger partial charge on any atom is 0.237 e. The molecule has 0 saturated heterocycles. The molecule has 0 radical (unpaired) electrons. The maximum atomic E-state index is 5.87. The van der Waals surface area contributed by atoms with E-state index in [9.17, 15) is 0 Å². The molecule has 4 nitrogen and oxygen atoms in total. The highest BCUT2D eigenvalue weighted by atomic mass is 16.4. The van der Waals surface area contributed by atoms with Gasteiger partial charge >= 0.3 is 0 Å². The third kappa shape index (κ3) is 3.91. The molecule has 1 aromatic heterocycles. The van der Waals surface area contributed by atoms with Gasteiger partial charge in [-0.1, -0.05) is 58.0 Å². The lowest BCUT2D eigenvalue weighted by Crippen LogP contribution is -2.19. The molecule has 2 unspecified atom stereocenters. The molecule has 0 aliphatic rings. The highest BCUT2D eigenvalue weighted by Crippen LogP contribution is 2.29. The average molecular weight is 287 g/mol. The number of hydrogen-bond donors (Lipinski definition) is 1. The Hall–Kier alpha value is -1.68. The third-order valence-electron chi connectivity index (χ3n) is 4.11. The minimum Gasteiger partial charge on any atom is -0.423 e. The van der Waals surface area contributed by atoms with E-state index in [1.165, 1.54) is 0 Å². The molecule has 0 aliphatic carbocycles. The van der Waals surface area contributed by atoms with Crippen molar-refractivity contribution in [1.82, 2.24) is 15.5 Å². The van der Waals surface area contributed by atoms with Gasteiger partial charge in [0.15, 0.2) is 0 Å². The third-order valence-corrected chi connectivity index (χ3v) is 4.11. The Labute approximate surface area is 127 Å². The zero-order valence-corrected chi connectivity index (χ0v) is 13.6. The van der Waals surface area contributed by atoms with Crippen LogP contribution in [0.3, 0.4) is 0 Å². The quantitative estimate of drug-likeness (QED) is 0.913. The molecule has 21 heavy (non-hydrogen) atoms. The minimum absolute atomic E-state index is 0.0580. The summed E-state index contributed by atoms with van der Waals surface area (Å²) in [5.74, 6) is 1.82. The second-order valence-corrected chi connectivity index (χ2v) is 6.64. The maximum absolute atomic E-state index is 5.87. The fourth-order valence-electron chi connectivity index (χ4n) is 2.11. The van der Waals surface area contributed by atoms with E-state index in [2.05, 4.69) is 55.3 Å². The van der Waals surface area contributed by atoms with E-state index in [1.807, 2.05) is 25.2 Å². The van der Waals surface area contributed by atoms with Gasteiger partial charge in [-0.3, -0.25) is 0 Å². The molecule has 0 fully saturated rings. The molecule has 2 atom stereocenters. The molecule has 1 heterocycles. The molecule has 114 valence electrons. The van der Waals surface area contributed by atoms with Crippen molar-refractivity contribution >= 4 is 0 Å². The van der Waals surface area contributed by atoms with Crippen LogP contribution in [0, 0.1) is 11.3 Å². The van der Waals surface area contributed by atoms with Gasteiger partial charge in [-0.2, -0.15) is 0 Å². The van der Waals surface area contributed by atoms with E-state index in [1.54, 1.807) is 0 Å². The number of nitrogens with zero attached hydrogens (tertiary/aromatic N) is 2. The first-order chi connectivity index (χ1) is 9.91. The predicted octanol–water partition coefficient (Wildman–Crippen LogP) is 3.60. The Kier molecular flexibility index (Phi) is 4.78. The van der Waals surface area contributed by atoms with Crippen LogP contribution in [0.2, 0.25) is 0 Å². The molecule has 0 aliphatic heterocycles. The van der Waals surface area contributed by atoms with E-state index < -0.39 is 0 Å². The summed E-state index contributed by atoms with van der Waals surface area (Å²) in [7, 11) is 1.90. The zero-order chi connectivity index (χ0) is 15.5. The highest BCUT2D eigenvalue weighted by molar-refractivity contribution is 5.23. The molecule has 0 bridgehead atoms. The molecule has 1 N–H and O–H groups in total. The fourth-order valence-corrected chi connectivity index (χ4v) is 2.11. The number of benzene rings is 1. The van der Waals surface area contributed by atoms with Gasteiger partial charge < -0.3 is 9.73 Å². The van der Waals surface area contributed by atoms with Crippen LogP contribution in [0.25, 0.3) is 0 Å². The molecule has 0 amide bonds. The van der Waals surface area contributed by atoms with Crippen LogP contribution in [0.4, 0.5) is 0 Å². The number of hydrogen-bond acceptors (Lipinski definition) is 4. The van der Waals surface area contributed by atoms with Gasteiger partial charge in [-0.25, -0.2) is 0 Å². The Bertz CT molecular complexity index is 557. The molecule has 2 aromatic rings. The zero-order valence-electron chi connectivity index (χ0n) is 13.6. The lowest BCUT2D eigenvalue weighted by Gasteiger charge is -2.25. The molecular formula is C17H25N3O. The van der Waals surface area contributed by atoms with Crippen LogP contribution >= 0.6 is 0 Å². The van der Waals surface area contributed by atoms with Crippen LogP contribution < -0.4 is 5.32 Å². The Morgan fingerprint density at radius 3 is 2.38 bits per heavy atom. The summed E-state index contributed by atoms with van der Waals surface area (Å²) in [5.41, 5.74) is 1.36. The number of aromatic nitrogens is 2. The van der Waals surface area contributed by atoms with Crippen molar-refractivity contribution in [2.24, 2.45) is 11.3 Å². The van der Waals surface area contributed by atoms with Gasteiger partial charge in [0.05, 0.1) is 0 Å². The second kappa shape index (κ2) is 6.39. The van der Waals surface area contributed by atoms with E-state index in [-0.39, 0.29) is 11.5 Å². The summed E-state index contributed by atoms with van der Waals surface area (Å²) in [6.45, 7) is 8.91. The largest absolute Gasteiger partial charge is 0.423 e. The monoisotopic (exact) mass is 287 g/mol. The topological polar surface area (TPSA) is 51.0 Å². The molecule has 2 rings (SSSR count). The summed E-state index contributed by atoms with van der Waals surface area (Å²) in [4.78, 5) is 0. The fraction of sp³-hybridized carbons (Fsp3) is 0.529. The van der Waals surface area contributed by atoms with Gasteiger partial charge in [0.1, 0.15) is 6.04 Å². The van der Waals surface area contributed by atoms with Gasteiger partial charge in [-0.15, -0.1) is 10.2 Å². The highest BCUT2D eigenvalue weighted by Gasteiger charge is 2.24. The van der Waals surface area contributed by atoms with Crippen molar-refractivity contribution < 1.29 is 4.42 Å². The van der Waals surface area contributed by atoms with Crippen LogP contribution in [0.15, 0.2) is 34.7 Å². The Morgan fingerprint density at radius 2 is 1.81 bits per heavy atom. The van der Waals surface area contributed by atoms with Gasteiger partial charge in [0, 0.05) is 6.42 Å². The predicted molar refractivity (Wildman–Crippen MR) is 84.0 cm³/mol. The first-order valence-electron chi connectivity index (χ1n) is 7.46. The second-order valence-electron chi connectivity index (χ2n) is 6.64. The smallest absolute Gasteiger partial charge is 0.237 e. The normalized spacial score (nSPS) is 14.9. The van der Waals surface area contributed by atoms with Crippen LogP contribution in [0.1, 0.15) is 51.1 Å². The van der Waals surface area contributed by atoms with E-state index >= 15 is 0 Å². The molecule has 4 heteroatoms. The summed E-state index contributed by atoms with van der Waals surface area (Å²) in [6.07, 6.45) is 0.807. The van der Waals surface area contributed by atoms with Crippen molar-refractivity contribution in [2.75, 3.05) is 7.05 Å². The average Bonchev–Trinajstić information content (AvgIpc) is 2.88. The van der Waals surface area contributed by atoms with E-state index in [4.69, 9.17) is 4.42 Å². The molecule has 0 spiro atoms. The summed E-state index contributed by atoms with van der Waals surface area (Å²) < 4.78 is 5.87. The first kappa shape index (κ1) is 15.7. The summed E-state index contributed by atoms with van der Waals surface area (Å²) in [5, 5.41) is 11.7. The van der Waals surface area contributed by atoms with Crippen molar-refractivity contribution in [3.63, 3.8) is 0 Å². The minimum atomic E-state index is -0.0580. The standard InChI is InChI=1S/C17H25N3O/c1-12(17(2,3)4)11-14-19-20-16(21-14)15(18-5)13-9-7-6-8-10-13/h6-10,12,15,18H,11H2,1-5H3. The first-order valence-corrected chi connectivity index (χ1v) is 7.46. The molecule has 0 saturated carbocycles. The summed E-state index contributed by atoms with van der Waals surface area (Å²) >= 11 is 0. The van der Waals surface area contributed by atoms with Crippen molar-refractivity contribution in [2.45, 2.75) is 40.2 Å². The SMILES string of the molecule is CNC(c1ccccc1)c1nnc(CC(C)C(C)(C)C)o1. The van der Waals surface area contributed by atoms with E-state index in [0.29, 0.717) is 17.7 Å². The summed E-state index contributed by atoms with van der Waals surface area (Å²) in [6, 6.07) is 10.1. The lowest BCUT2D eigenvalue weighted by molar-refractivity contribution is 0.242. The van der Waals surface area contributed by atoms with Crippen LogP contribution in [-0.4, -0.2) is 17.2 Å². The number of nitrogens with one attached hydrogen (secondary N) is 1. The lowest BCUT2D eigenvalue weighted by atomic mass is 9.80. The molecule has 1 aromatic carbocycles. The van der Waals surface area contributed by atoms with Gasteiger partial charge in [0.25, 0.3) is 0 Å². The van der Waals surface area contributed by atoms with Gasteiger partial charge in [-0.05, 0) is 23.9 Å². The van der Waals surface area contributed by atoms with Crippen molar-refractivity contribution in [3.8, 4) is 0 Å². The van der Waals surface area contributed by atoms with Crippen molar-refractivity contribution in [1.29, 1.82) is 0 Å². The molecular weight excluding hydrogens is 262 g/mol. The van der Waals surface area contributed by atoms with Crippen LogP contribution in [0.5, 0.6) is 0 Å². The Morgan fingerprint density at radius 1 is 1.14 bits per heavy atom. The van der Waals surface area contributed by atoms with E-state index in [0.717, 1.165) is 12.0 Å². The van der Waals surface area contributed by atoms with Crippen LogP contribution in [-0.2, 0) is 6.42 Å². The van der Waals surface area contributed by atoms with Crippen molar-refractivity contribution in [3.05, 3.63) is 47.7 Å².